The Hall–Kier alpha value is -2.88. The smallest absolute Gasteiger partial charge is 0.253 e. The van der Waals surface area contributed by atoms with Crippen LogP contribution in [0.2, 0.25) is 0 Å². The molecule has 0 fully saturated rings. The molecular weight excluding hydrogens is 527 g/mol. The maximum Gasteiger partial charge on any atom is 0.253 e. The van der Waals surface area contributed by atoms with Crippen molar-refractivity contribution in [2.45, 2.75) is 33.9 Å². The van der Waals surface area contributed by atoms with E-state index in [1.807, 2.05) is 54.9 Å². The van der Waals surface area contributed by atoms with Crippen molar-refractivity contribution >= 4 is 35.8 Å². The zero-order chi connectivity index (χ0) is 23.1. The molecule has 1 aromatic heterocycles. The van der Waals surface area contributed by atoms with Crippen molar-refractivity contribution in [3.8, 4) is 5.69 Å². The van der Waals surface area contributed by atoms with Crippen LogP contribution in [0.3, 0.4) is 0 Å². The van der Waals surface area contributed by atoms with Gasteiger partial charge in [-0.15, -0.1) is 24.0 Å². The molecule has 33 heavy (non-hydrogen) atoms. The Labute approximate surface area is 213 Å². The minimum atomic E-state index is -0.00339. The molecule has 3 rings (SSSR count). The molecule has 1 amide bonds. The molecule has 0 aliphatic rings. The van der Waals surface area contributed by atoms with Crippen molar-refractivity contribution < 1.29 is 4.79 Å². The minimum absolute atomic E-state index is 0. The summed E-state index contributed by atoms with van der Waals surface area (Å²) in [5.41, 5.74) is 6.01. The van der Waals surface area contributed by atoms with E-state index in [4.69, 9.17) is 4.99 Å². The van der Waals surface area contributed by atoms with Gasteiger partial charge in [0, 0.05) is 38.4 Å². The Balaban J connectivity index is 0.00000385. The number of aryl methyl sites for hydroxylation is 2. The van der Waals surface area contributed by atoms with Crippen LogP contribution in [-0.4, -0.2) is 47.2 Å². The molecule has 2 aromatic carbocycles. The van der Waals surface area contributed by atoms with Crippen LogP contribution in [0.25, 0.3) is 5.69 Å². The molecule has 0 saturated carbocycles. The molecule has 0 bridgehead atoms. The van der Waals surface area contributed by atoms with Crippen LogP contribution in [0, 0.1) is 13.8 Å². The van der Waals surface area contributed by atoms with Gasteiger partial charge in [0.25, 0.3) is 5.91 Å². The van der Waals surface area contributed by atoms with Crippen molar-refractivity contribution in [3.05, 3.63) is 82.7 Å². The molecule has 1 heterocycles. The van der Waals surface area contributed by atoms with E-state index in [0.29, 0.717) is 18.7 Å². The summed E-state index contributed by atoms with van der Waals surface area (Å²) in [6.07, 6.45) is 0. The number of aliphatic imine (C=N–C) groups is 1. The van der Waals surface area contributed by atoms with Crippen molar-refractivity contribution in [3.63, 3.8) is 0 Å². The highest BCUT2D eigenvalue weighted by Crippen LogP contribution is 2.17. The summed E-state index contributed by atoms with van der Waals surface area (Å²) in [6, 6.07) is 17.9. The highest BCUT2D eigenvalue weighted by Gasteiger charge is 2.10. The summed E-state index contributed by atoms with van der Waals surface area (Å²) < 4.78 is 1.98. The first kappa shape index (κ1) is 26.4. The van der Waals surface area contributed by atoms with E-state index in [2.05, 4.69) is 40.9 Å². The monoisotopic (exact) mass is 560 g/mol. The largest absolute Gasteiger partial charge is 0.357 e. The lowest BCUT2D eigenvalue weighted by atomic mass is 10.1. The van der Waals surface area contributed by atoms with Crippen molar-refractivity contribution in [1.82, 2.24) is 25.3 Å². The number of amides is 1. The summed E-state index contributed by atoms with van der Waals surface area (Å²) in [4.78, 5) is 18.3. The molecule has 3 aromatic rings. The van der Waals surface area contributed by atoms with Crippen molar-refractivity contribution in [1.29, 1.82) is 0 Å². The lowest BCUT2D eigenvalue weighted by Crippen LogP contribution is -2.37. The first-order valence-corrected chi connectivity index (χ1v) is 10.8. The van der Waals surface area contributed by atoms with Crippen LogP contribution >= 0.6 is 24.0 Å². The number of carbonyl (C=O) groups excluding carboxylic acids is 1. The molecule has 0 aliphatic heterocycles. The second-order valence-corrected chi connectivity index (χ2v) is 7.91. The molecule has 2 N–H and O–H groups in total. The van der Waals surface area contributed by atoms with Crippen LogP contribution in [-0.2, 0) is 13.1 Å². The standard InChI is InChI=1S/C25H32N6O.HI/c1-6-26-25(27-16-20-11-13-21(14-12-20)24(32)30(4)5)28-17-22-9-7-8-10-23(22)31-19(3)15-18(2)29-31;/h7-15H,6,16-17H2,1-5H3,(H2,26,27,28);1H. The molecule has 0 atom stereocenters. The first-order chi connectivity index (χ1) is 15.4. The van der Waals surface area contributed by atoms with Crippen LogP contribution in [0.1, 0.15) is 39.8 Å². The number of guanidine groups is 1. The number of para-hydroxylation sites is 1. The lowest BCUT2D eigenvalue weighted by Gasteiger charge is -2.15. The Morgan fingerprint density at radius 3 is 2.36 bits per heavy atom. The number of hydrogen-bond donors (Lipinski definition) is 2. The minimum Gasteiger partial charge on any atom is -0.357 e. The maximum atomic E-state index is 12.1. The predicted molar refractivity (Wildman–Crippen MR) is 145 cm³/mol. The van der Waals surface area contributed by atoms with Gasteiger partial charge in [-0.05, 0) is 56.2 Å². The number of rotatable bonds is 7. The SMILES string of the molecule is CCNC(=NCc1ccc(C(=O)N(C)C)cc1)NCc1ccccc1-n1nc(C)cc1C.I. The summed E-state index contributed by atoms with van der Waals surface area (Å²) in [5.74, 6) is 0.737. The van der Waals surface area contributed by atoms with Crippen LogP contribution in [0.5, 0.6) is 0 Å². The summed E-state index contributed by atoms with van der Waals surface area (Å²) in [7, 11) is 3.50. The second kappa shape index (κ2) is 12.4. The summed E-state index contributed by atoms with van der Waals surface area (Å²) >= 11 is 0. The zero-order valence-electron chi connectivity index (χ0n) is 19.9. The van der Waals surface area contributed by atoms with Crippen molar-refractivity contribution in [2.24, 2.45) is 4.99 Å². The van der Waals surface area contributed by atoms with Gasteiger partial charge < -0.3 is 15.5 Å². The fourth-order valence-electron chi connectivity index (χ4n) is 3.44. The Bertz CT molecular complexity index is 1090. The number of hydrogen-bond acceptors (Lipinski definition) is 3. The fourth-order valence-corrected chi connectivity index (χ4v) is 3.44. The molecule has 0 radical (unpaired) electrons. The van der Waals surface area contributed by atoms with Gasteiger partial charge in [-0.25, -0.2) is 9.67 Å². The normalized spacial score (nSPS) is 11.0. The quantitative estimate of drug-likeness (QED) is 0.260. The van der Waals surface area contributed by atoms with E-state index in [1.54, 1.807) is 19.0 Å². The van der Waals surface area contributed by atoms with E-state index >= 15 is 0 Å². The highest BCUT2D eigenvalue weighted by molar-refractivity contribution is 14.0. The van der Waals surface area contributed by atoms with E-state index < -0.39 is 0 Å². The zero-order valence-corrected chi connectivity index (χ0v) is 22.3. The third-order valence-electron chi connectivity index (χ3n) is 5.05. The molecule has 8 heteroatoms. The third-order valence-corrected chi connectivity index (χ3v) is 5.05. The summed E-state index contributed by atoms with van der Waals surface area (Å²) in [6.45, 7) is 8.02. The Morgan fingerprint density at radius 2 is 1.76 bits per heavy atom. The van der Waals surface area contributed by atoms with Gasteiger partial charge in [-0.2, -0.15) is 5.10 Å². The van der Waals surface area contributed by atoms with E-state index in [1.165, 1.54) is 0 Å². The topological polar surface area (TPSA) is 74.6 Å². The Morgan fingerprint density at radius 1 is 1.06 bits per heavy atom. The van der Waals surface area contributed by atoms with Gasteiger partial charge in [0.2, 0.25) is 0 Å². The van der Waals surface area contributed by atoms with Crippen LogP contribution in [0.15, 0.2) is 59.6 Å². The van der Waals surface area contributed by atoms with Gasteiger partial charge in [0.15, 0.2) is 5.96 Å². The number of benzene rings is 2. The van der Waals surface area contributed by atoms with E-state index in [9.17, 15) is 4.79 Å². The number of halogens is 1. The van der Waals surface area contributed by atoms with Gasteiger partial charge in [0.05, 0.1) is 17.9 Å². The molecule has 0 aliphatic carbocycles. The van der Waals surface area contributed by atoms with E-state index in [0.717, 1.165) is 40.7 Å². The number of aromatic nitrogens is 2. The van der Waals surface area contributed by atoms with E-state index in [-0.39, 0.29) is 29.9 Å². The molecular formula is C25H33IN6O. The molecule has 7 nitrogen and oxygen atoms in total. The molecule has 0 spiro atoms. The predicted octanol–water partition coefficient (Wildman–Crippen LogP) is 4.06. The van der Waals surface area contributed by atoms with Crippen LogP contribution in [0.4, 0.5) is 0 Å². The number of nitrogens with one attached hydrogen (secondary N) is 2. The van der Waals surface area contributed by atoms with Gasteiger partial charge in [-0.3, -0.25) is 4.79 Å². The molecule has 0 unspecified atom stereocenters. The average Bonchev–Trinajstić information content (AvgIpc) is 3.13. The Kier molecular flexibility index (Phi) is 9.90. The molecule has 176 valence electrons. The summed E-state index contributed by atoms with van der Waals surface area (Å²) in [5, 5.41) is 11.4. The van der Waals surface area contributed by atoms with Gasteiger partial charge in [0.1, 0.15) is 0 Å². The fraction of sp³-hybridized carbons (Fsp3) is 0.320. The lowest BCUT2D eigenvalue weighted by molar-refractivity contribution is 0.0827. The average molecular weight is 560 g/mol. The molecule has 0 saturated heterocycles. The van der Waals surface area contributed by atoms with Crippen molar-refractivity contribution in [2.75, 3.05) is 20.6 Å². The van der Waals surface area contributed by atoms with Gasteiger partial charge in [-0.1, -0.05) is 30.3 Å². The van der Waals surface area contributed by atoms with Crippen LogP contribution < -0.4 is 10.6 Å². The van der Waals surface area contributed by atoms with Gasteiger partial charge >= 0.3 is 0 Å². The maximum absolute atomic E-state index is 12.1. The number of nitrogens with zero attached hydrogens (tertiary/aromatic N) is 4. The second-order valence-electron chi connectivity index (χ2n) is 7.91. The first-order valence-electron chi connectivity index (χ1n) is 10.8. The highest BCUT2D eigenvalue weighted by atomic mass is 127. The third kappa shape index (κ3) is 7.05. The number of carbonyl (C=O) groups is 1.